The van der Waals surface area contributed by atoms with Gasteiger partial charge in [-0.3, -0.25) is 14.5 Å². The maximum Gasteiger partial charge on any atom is 0.286 e. The normalized spacial score (nSPS) is 15.0. The largest absolute Gasteiger partial charge is 0.354 e. The molecule has 31 heavy (non-hydrogen) atoms. The van der Waals surface area contributed by atoms with Gasteiger partial charge in [-0.15, -0.1) is 22.0 Å². The molecule has 0 saturated carbocycles. The van der Waals surface area contributed by atoms with E-state index >= 15 is 0 Å². The molecule has 1 saturated heterocycles. The van der Waals surface area contributed by atoms with E-state index in [0.717, 1.165) is 39.3 Å². The van der Waals surface area contributed by atoms with E-state index in [1.807, 2.05) is 0 Å². The molecule has 1 aromatic heterocycles. The molecule has 1 fully saturated rings. The van der Waals surface area contributed by atoms with Crippen LogP contribution in [0.2, 0.25) is 0 Å². The molecule has 0 unspecified atom stereocenters. The number of halogens is 1. The lowest BCUT2D eigenvalue weighted by molar-refractivity contribution is -0.118. The second-order valence-corrected chi connectivity index (χ2v) is 9.13. The lowest BCUT2D eigenvalue weighted by Crippen LogP contribution is -2.48. The number of carbonyl (C=O) groups is 2. The van der Waals surface area contributed by atoms with Crippen molar-refractivity contribution in [3.8, 4) is 0 Å². The highest BCUT2D eigenvalue weighted by Gasteiger charge is 2.16. The first-order chi connectivity index (χ1) is 15.0. The van der Waals surface area contributed by atoms with E-state index in [1.54, 1.807) is 0 Å². The van der Waals surface area contributed by atoms with E-state index in [0.29, 0.717) is 28.7 Å². The predicted octanol–water partition coefficient (Wildman–Crippen LogP) is 1.92. The van der Waals surface area contributed by atoms with Crippen LogP contribution in [0.25, 0.3) is 0 Å². The zero-order valence-electron chi connectivity index (χ0n) is 17.5. The number of rotatable bonds is 10. The molecule has 2 amide bonds. The maximum absolute atomic E-state index is 12.9. The summed E-state index contributed by atoms with van der Waals surface area (Å²) < 4.78 is 12.9. The van der Waals surface area contributed by atoms with Gasteiger partial charge >= 0.3 is 0 Å². The van der Waals surface area contributed by atoms with Gasteiger partial charge in [0.25, 0.3) is 5.91 Å². The van der Waals surface area contributed by atoms with Gasteiger partial charge in [0.1, 0.15) is 10.8 Å². The fourth-order valence-electron chi connectivity index (χ4n) is 3.09. The third kappa shape index (κ3) is 7.84. The van der Waals surface area contributed by atoms with Crippen molar-refractivity contribution in [1.29, 1.82) is 0 Å². The van der Waals surface area contributed by atoms with Gasteiger partial charge in [0.15, 0.2) is 0 Å². The van der Waals surface area contributed by atoms with Gasteiger partial charge in [0.2, 0.25) is 10.9 Å². The molecular formula is C20H27FN6O2S2. The molecule has 0 spiro atoms. The fourth-order valence-corrected chi connectivity index (χ4v) is 4.72. The molecule has 1 aliphatic rings. The number of amides is 2. The minimum atomic E-state index is -0.391. The monoisotopic (exact) mass is 466 g/mol. The second kappa shape index (κ2) is 12.1. The number of anilines is 1. The first-order valence-corrected chi connectivity index (χ1v) is 12.2. The van der Waals surface area contributed by atoms with Crippen molar-refractivity contribution in [2.24, 2.45) is 0 Å². The van der Waals surface area contributed by atoms with Crippen molar-refractivity contribution in [3.63, 3.8) is 0 Å². The molecule has 0 atom stereocenters. The standard InChI is InChI=1S/C20H27FN6O2S2/c1-2-26-9-11-27(12-10-26)8-7-22-17(28)13-30-14-18-24-25-20(31-18)19(29)23-16-5-3-15(21)4-6-16/h3-6H,2,7-14H2,1H3,(H,22,28)(H,23,29). The zero-order chi connectivity index (χ0) is 22.1. The summed E-state index contributed by atoms with van der Waals surface area (Å²) in [6.07, 6.45) is 0. The van der Waals surface area contributed by atoms with Crippen LogP contribution < -0.4 is 10.6 Å². The first kappa shape index (κ1) is 23.6. The third-order valence-corrected chi connectivity index (χ3v) is 6.93. The summed E-state index contributed by atoms with van der Waals surface area (Å²) in [5.41, 5.74) is 0.487. The molecule has 2 aromatic rings. The average molecular weight is 467 g/mol. The molecule has 0 bridgehead atoms. The zero-order valence-corrected chi connectivity index (χ0v) is 19.1. The average Bonchev–Trinajstić information content (AvgIpc) is 3.25. The Labute approximate surface area is 189 Å². The van der Waals surface area contributed by atoms with Crippen LogP contribution in [0.1, 0.15) is 21.7 Å². The van der Waals surface area contributed by atoms with Crippen molar-refractivity contribution in [2.45, 2.75) is 12.7 Å². The van der Waals surface area contributed by atoms with Crippen LogP contribution in [-0.2, 0) is 10.5 Å². The van der Waals surface area contributed by atoms with Crippen LogP contribution in [-0.4, -0.2) is 83.4 Å². The highest BCUT2D eigenvalue weighted by Crippen LogP contribution is 2.18. The summed E-state index contributed by atoms with van der Waals surface area (Å²) in [6, 6.07) is 5.51. The summed E-state index contributed by atoms with van der Waals surface area (Å²) in [6.45, 7) is 9.07. The Hall–Kier alpha value is -2.08. The molecule has 3 rings (SSSR count). The smallest absolute Gasteiger partial charge is 0.286 e. The van der Waals surface area contributed by atoms with Crippen LogP contribution in [0.3, 0.4) is 0 Å². The van der Waals surface area contributed by atoms with Crippen LogP contribution in [0.15, 0.2) is 24.3 Å². The Bertz CT molecular complexity index is 856. The van der Waals surface area contributed by atoms with Gasteiger partial charge < -0.3 is 15.5 Å². The SMILES string of the molecule is CCN1CCN(CCNC(=O)CSCc2nnc(C(=O)Nc3ccc(F)cc3)s2)CC1. The van der Waals surface area contributed by atoms with Gasteiger partial charge in [-0.25, -0.2) is 4.39 Å². The van der Waals surface area contributed by atoms with E-state index in [2.05, 4.69) is 37.6 Å². The Morgan fingerprint density at radius 1 is 1.13 bits per heavy atom. The van der Waals surface area contributed by atoms with Gasteiger partial charge in [0.05, 0.1) is 5.75 Å². The Kier molecular flexibility index (Phi) is 9.19. The van der Waals surface area contributed by atoms with Gasteiger partial charge in [-0.2, -0.15) is 0 Å². The van der Waals surface area contributed by atoms with E-state index in [9.17, 15) is 14.0 Å². The maximum atomic E-state index is 12.9. The third-order valence-electron chi connectivity index (χ3n) is 4.88. The number of thioether (sulfide) groups is 1. The van der Waals surface area contributed by atoms with Crippen LogP contribution in [0.4, 0.5) is 10.1 Å². The molecule has 168 valence electrons. The van der Waals surface area contributed by atoms with E-state index in [-0.39, 0.29) is 16.7 Å². The molecule has 0 aliphatic carbocycles. The van der Waals surface area contributed by atoms with Crippen molar-refractivity contribution in [2.75, 3.05) is 56.9 Å². The number of carbonyl (C=O) groups excluding carboxylic acids is 2. The van der Waals surface area contributed by atoms with Crippen molar-refractivity contribution >= 4 is 40.6 Å². The number of nitrogens with zero attached hydrogens (tertiary/aromatic N) is 4. The topological polar surface area (TPSA) is 90.5 Å². The molecule has 1 aliphatic heterocycles. The fraction of sp³-hybridized carbons (Fsp3) is 0.500. The Morgan fingerprint density at radius 3 is 2.55 bits per heavy atom. The number of hydrogen-bond donors (Lipinski definition) is 2. The van der Waals surface area contributed by atoms with Gasteiger partial charge in [0, 0.05) is 50.7 Å². The number of aromatic nitrogens is 2. The van der Waals surface area contributed by atoms with Crippen molar-refractivity contribution in [1.82, 2.24) is 25.3 Å². The van der Waals surface area contributed by atoms with Crippen molar-refractivity contribution < 1.29 is 14.0 Å². The highest BCUT2D eigenvalue weighted by molar-refractivity contribution is 7.99. The number of piperazine rings is 1. The molecule has 11 heteroatoms. The Balaban J connectivity index is 1.31. The van der Waals surface area contributed by atoms with Crippen LogP contribution in [0.5, 0.6) is 0 Å². The summed E-state index contributed by atoms with van der Waals surface area (Å²) >= 11 is 2.62. The number of nitrogens with one attached hydrogen (secondary N) is 2. The number of likely N-dealkylation sites (N-methyl/N-ethyl adjacent to an activating group) is 1. The second-order valence-electron chi connectivity index (χ2n) is 7.08. The van der Waals surface area contributed by atoms with Crippen molar-refractivity contribution in [3.05, 3.63) is 40.1 Å². The molecule has 1 aromatic carbocycles. The summed E-state index contributed by atoms with van der Waals surface area (Å²) in [5, 5.41) is 14.4. The minimum Gasteiger partial charge on any atom is -0.354 e. The van der Waals surface area contributed by atoms with Crippen LogP contribution >= 0.6 is 23.1 Å². The van der Waals surface area contributed by atoms with Crippen LogP contribution in [0, 0.1) is 5.82 Å². The predicted molar refractivity (Wildman–Crippen MR) is 122 cm³/mol. The number of hydrogen-bond acceptors (Lipinski definition) is 8. The van der Waals surface area contributed by atoms with E-state index < -0.39 is 5.91 Å². The summed E-state index contributed by atoms with van der Waals surface area (Å²) in [5.74, 6) is 0.0784. The lowest BCUT2D eigenvalue weighted by atomic mass is 10.3. The molecule has 2 heterocycles. The Morgan fingerprint density at radius 2 is 1.84 bits per heavy atom. The van der Waals surface area contributed by atoms with Gasteiger partial charge in [-0.1, -0.05) is 18.3 Å². The summed E-state index contributed by atoms with van der Waals surface area (Å²) in [4.78, 5) is 29.0. The first-order valence-electron chi connectivity index (χ1n) is 10.2. The van der Waals surface area contributed by atoms with E-state index in [1.165, 1.54) is 47.4 Å². The lowest BCUT2D eigenvalue weighted by Gasteiger charge is -2.33. The molecule has 0 radical (unpaired) electrons. The summed E-state index contributed by atoms with van der Waals surface area (Å²) in [7, 11) is 0. The van der Waals surface area contributed by atoms with Gasteiger partial charge in [-0.05, 0) is 30.8 Å². The van der Waals surface area contributed by atoms with E-state index in [4.69, 9.17) is 0 Å². The molecule has 8 nitrogen and oxygen atoms in total. The molecular weight excluding hydrogens is 439 g/mol. The molecule has 2 N–H and O–H groups in total. The minimum absolute atomic E-state index is 0.00372. The highest BCUT2D eigenvalue weighted by atomic mass is 32.2. The number of benzene rings is 1. The quantitative estimate of drug-likeness (QED) is 0.553.